The summed E-state index contributed by atoms with van der Waals surface area (Å²) in [5.41, 5.74) is 1.21. The minimum Gasteiger partial charge on any atom is -0.494 e. The third-order valence-electron chi connectivity index (χ3n) is 3.19. The molecule has 0 saturated heterocycles. The highest BCUT2D eigenvalue weighted by atomic mass is 35.5. The molecule has 0 fully saturated rings. The third kappa shape index (κ3) is 6.95. The lowest BCUT2D eigenvalue weighted by Crippen LogP contribution is -1.97. The summed E-state index contributed by atoms with van der Waals surface area (Å²) in [6.07, 6.45) is 6.58. The molecule has 112 valence electrons. The first-order valence-corrected chi connectivity index (χ1v) is 7.97. The zero-order valence-corrected chi connectivity index (χ0v) is 13.3. The van der Waals surface area contributed by atoms with Gasteiger partial charge >= 0.3 is 0 Å². The Bertz CT molecular complexity index is 415. The van der Waals surface area contributed by atoms with E-state index in [0.29, 0.717) is 12.4 Å². The van der Waals surface area contributed by atoms with E-state index in [9.17, 15) is 4.79 Å². The highest BCUT2D eigenvalue weighted by Crippen LogP contribution is 2.22. The van der Waals surface area contributed by atoms with Gasteiger partial charge in [-0.2, -0.15) is 0 Å². The molecule has 0 spiro atoms. The van der Waals surface area contributed by atoms with Crippen molar-refractivity contribution in [3.8, 4) is 5.75 Å². The van der Waals surface area contributed by atoms with Gasteiger partial charge in [0.2, 0.25) is 0 Å². The maximum Gasteiger partial charge on any atom is 0.132 e. The van der Waals surface area contributed by atoms with Crippen LogP contribution in [0.1, 0.15) is 57.9 Å². The number of hydrogen-bond donors (Lipinski definition) is 0. The largest absolute Gasteiger partial charge is 0.494 e. The Morgan fingerprint density at radius 2 is 1.90 bits per heavy atom. The Kier molecular flexibility index (Phi) is 8.36. The molecule has 0 unspecified atom stereocenters. The van der Waals surface area contributed by atoms with Crippen LogP contribution in [0, 0.1) is 0 Å². The first-order valence-electron chi connectivity index (χ1n) is 7.59. The van der Waals surface area contributed by atoms with Crippen LogP contribution in [-0.4, -0.2) is 12.4 Å². The number of aryl methyl sites for hydroxylation is 1. The molecule has 0 aliphatic heterocycles. The van der Waals surface area contributed by atoms with E-state index >= 15 is 0 Å². The summed E-state index contributed by atoms with van der Waals surface area (Å²) in [4.78, 5) is 11.4. The SMILES string of the molecule is CCCC(=O)CCCCCc1cc(Cl)cc(OCC)c1. The summed E-state index contributed by atoms with van der Waals surface area (Å²) in [6, 6.07) is 5.89. The van der Waals surface area contributed by atoms with E-state index in [1.54, 1.807) is 0 Å². The van der Waals surface area contributed by atoms with Crippen molar-refractivity contribution in [3.05, 3.63) is 28.8 Å². The van der Waals surface area contributed by atoms with Gasteiger partial charge in [0.25, 0.3) is 0 Å². The molecule has 0 N–H and O–H groups in total. The highest BCUT2D eigenvalue weighted by Gasteiger charge is 2.02. The molecular formula is C17H25ClO2. The normalized spacial score (nSPS) is 10.6. The lowest BCUT2D eigenvalue weighted by molar-refractivity contribution is -0.119. The average molecular weight is 297 g/mol. The van der Waals surface area contributed by atoms with Gasteiger partial charge in [-0.05, 0) is 56.4 Å². The van der Waals surface area contributed by atoms with Crippen LogP contribution >= 0.6 is 11.6 Å². The van der Waals surface area contributed by atoms with Gasteiger partial charge in [0, 0.05) is 17.9 Å². The molecule has 0 saturated carbocycles. The Morgan fingerprint density at radius 1 is 1.10 bits per heavy atom. The molecule has 0 amide bonds. The van der Waals surface area contributed by atoms with Gasteiger partial charge in [0.15, 0.2) is 0 Å². The van der Waals surface area contributed by atoms with Gasteiger partial charge in [-0.3, -0.25) is 4.79 Å². The number of ketones is 1. The number of halogens is 1. The zero-order valence-electron chi connectivity index (χ0n) is 12.6. The van der Waals surface area contributed by atoms with Crippen molar-refractivity contribution in [1.82, 2.24) is 0 Å². The van der Waals surface area contributed by atoms with Crippen molar-refractivity contribution in [2.45, 2.75) is 58.8 Å². The second-order valence-corrected chi connectivity index (χ2v) is 5.51. The molecule has 1 aromatic carbocycles. The molecule has 1 aromatic rings. The molecule has 0 radical (unpaired) electrons. The maximum absolute atomic E-state index is 11.4. The quantitative estimate of drug-likeness (QED) is 0.554. The minimum atomic E-state index is 0.397. The number of ether oxygens (including phenoxy) is 1. The average Bonchev–Trinajstić information content (AvgIpc) is 2.38. The summed E-state index contributed by atoms with van der Waals surface area (Å²) in [5, 5.41) is 0.726. The predicted octanol–water partition coefficient (Wildman–Crippen LogP) is 5.21. The monoisotopic (exact) mass is 296 g/mol. The lowest BCUT2D eigenvalue weighted by atomic mass is 10.0. The molecule has 2 nitrogen and oxygen atoms in total. The van der Waals surface area contributed by atoms with Crippen LogP contribution in [0.2, 0.25) is 5.02 Å². The molecule has 1 rings (SSSR count). The Morgan fingerprint density at radius 3 is 2.60 bits per heavy atom. The van der Waals surface area contributed by atoms with Crippen LogP contribution in [0.3, 0.4) is 0 Å². The van der Waals surface area contributed by atoms with Crippen LogP contribution in [0.4, 0.5) is 0 Å². The van der Waals surface area contributed by atoms with Gasteiger partial charge in [-0.25, -0.2) is 0 Å². The van der Waals surface area contributed by atoms with Gasteiger partial charge in [-0.1, -0.05) is 24.9 Å². The van der Waals surface area contributed by atoms with Gasteiger partial charge in [0.1, 0.15) is 11.5 Å². The van der Waals surface area contributed by atoms with Crippen molar-refractivity contribution in [1.29, 1.82) is 0 Å². The molecule has 20 heavy (non-hydrogen) atoms. The molecule has 0 bridgehead atoms. The number of rotatable bonds is 10. The summed E-state index contributed by atoms with van der Waals surface area (Å²) in [7, 11) is 0. The summed E-state index contributed by atoms with van der Waals surface area (Å²) < 4.78 is 5.48. The maximum atomic E-state index is 11.4. The molecule has 0 heterocycles. The van der Waals surface area contributed by atoms with E-state index in [1.165, 1.54) is 5.56 Å². The van der Waals surface area contributed by atoms with E-state index in [0.717, 1.165) is 55.7 Å². The van der Waals surface area contributed by atoms with Crippen molar-refractivity contribution in [3.63, 3.8) is 0 Å². The van der Waals surface area contributed by atoms with E-state index in [4.69, 9.17) is 16.3 Å². The van der Waals surface area contributed by atoms with E-state index in [1.807, 2.05) is 26.0 Å². The van der Waals surface area contributed by atoms with Crippen molar-refractivity contribution in [2.24, 2.45) is 0 Å². The molecule has 0 aliphatic rings. The fourth-order valence-corrected chi connectivity index (χ4v) is 2.49. The van der Waals surface area contributed by atoms with E-state index in [2.05, 4.69) is 6.07 Å². The van der Waals surface area contributed by atoms with Crippen molar-refractivity contribution in [2.75, 3.05) is 6.61 Å². The number of Topliss-reactive ketones (excluding diaryl/α,β-unsaturated/α-hetero) is 1. The standard InChI is InChI=1S/C17H25ClO2/c1-3-8-16(19)10-7-5-6-9-14-11-15(18)13-17(12-14)20-4-2/h11-13H,3-10H2,1-2H3. The molecule has 0 aliphatic carbocycles. The zero-order chi connectivity index (χ0) is 14.8. The first kappa shape index (κ1) is 17.0. The Balaban J connectivity index is 2.29. The van der Waals surface area contributed by atoms with Gasteiger partial charge in [-0.15, -0.1) is 0 Å². The van der Waals surface area contributed by atoms with Gasteiger partial charge in [0.05, 0.1) is 6.61 Å². The van der Waals surface area contributed by atoms with Crippen molar-refractivity contribution >= 4 is 17.4 Å². The number of unbranched alkanes of at least 4 members (excludes halogenated alkanes) is 2. The highest BCUT2D eigenvalue weighted by molar-refractivity contribution is 6.30. The van der Waals surface area contributed by atoms with E-state index < -0.39 is 0 Å². The number of hydrogen-bond acceptors (Lipinski definition) is 2. The number of carbonyl (C=O) groups is 1. The Hall–Kier alpha value is -1.02. The minimum absolute atomic E-state index is 0.397. The second-order valence-electron chi connectivity index (χ2n) is 5.08. The summed E-state index contributed by atoms with van der Waals surface area (Å²) >= 11 is 6.08. The Labute approximate surface area is 127 Å². The van der Waals surface area contributed by atoms with Crippen LogP contribution in [0.25, 0.3) is 0 Å². The third-order valence-corrected chi connectivity index (χ3v) is 3.41. The van der Waals surface area contributed by atoms with Crippen LogP contribution < -0.4 is 4.74 Å². The van der Waals surface area contributed by atoms with Crippen LogP contribution in [0.15, 0.2) is 18.2 Å². The molecule has 0 aromatic heterocycles. The predicted molar refractivity (Wildman–Crippen MR) is 84.7 cm³/mol. The molecule has 3 heteroatoms. The second kappa shape index (κ2) is 9.82. The molecular weight excluding hydrogens is 272 g/mol. The summed E-state index contributed by atoms with van der Waals surface area (Å²) in [5.74, 6) is 1.24. The smallest absolute Gasteiger partial charge is 0.132 e. The topological polar surface area (TPSA) is 26.3 Å². The van der Waals surface area contributed by atoms with Crippen LogP contribution in [-0.2, 0) is 11.2 Å². The fraction of sp³-hybridized carbons (Fsp3) is 0.588. The van der Waals surface area contributed by atoms with Gasteiger partial charge < -0.3 is 4.74 Å². The summed E-state index contributed by atoms with van der Waals surface area (Å²) in [6.45, 7) is 4.67. The van der Waals surface area contributed by atoms with E-state index in [-0.39, 0.29) is 0 Å². The first-order chi connectivity index (χ1) is 9.65. The van der Waals surface area contributed by atoms with Crippen molar-refractivity contribution < 1.29 is 9.53 Å². The number of carbonyl (C=O) groups excluding carboxylic acids is 1. The number of benzene rings is 1. The fourth-order valence-electron chi connectivity index (χ4n) is 2.25. The molecule has 0 atom stereocenters. The lowest BCUT2D eigenvalue weighted by Gasteiger charge is -2.07. The van der Waals surface area contributed by atoms with Crippen LogP contribution in [0.5, 0.6) is 5.75 Å².